The Kier molecular flexibility index (Phi) is 4.19. The van der Waals surface area contributed by atoms with Crippen LogP contribution in [0.3, 0.4) is 0 Å². The van der Waals surface area contributed by atoms with Crippen LogP contribution in [0, 0.1) is 0 Å². The monoisotopic (exact) mass is 233 g/mol. The number of aliphatic hydroxyl groups excluding tert-OH is 1. The van der Waals surface area contributed by atoms with Crippen molar-refractivity contribution in [2.45, 2.75) is 51.1 Å². The topological polar surface area (TPSA) is 32.3 Å². The summed E-state index contributed by atoms with van der Waals surface area (Å²) in [7, 11) is 0. The summed E-state index contributed by atoms with van der Waals surface area (Å²) in [5, 5.41) is 13.1. The SMILES string of the molecule is CCc1ccccc1CNC1(CO)CCCC1. The maximum atomic E-state index is 9.56. The van der Waals surface area contributed by atoms with Crippen molar-refractivity contribution < 1.29 is 5.11 Å². The van der Waals surface area contributed by atoms with Gasteiger partial charge in [0, 0.05) is 12.1 Å². The van der Waals surface area contributed by atoms with Crippen LogP contribution >= 0.6 is 0 Å². The predicted octanol–water partition coefficient (Wildman–Crippen LogP) is 2.64. The number of aryl methyl sites for hydroxylation is 1. The molecule has 0 amide bonds. The number of hydrogen-bond donors (Lipinski definition) is 2. The Morgan fingerprint density at radius 3 is 2.41 bits per heavy atom. The zero-order valence-corrected chi connectivity index (χ0v) is 10.7. The first-order valence-corrected chi connectivity index (χ1v) is 6.72. The summed E-state index contributed by atoms with van der Waals surface area (Å²) < 4.78 is 0. The van der Waals surface area contributed by atoms with E-state index in [9.17, 15) is 5.11 Å². The first-order chi connectivity index (χ1) is 8.29. The lowest BCUT2D eigenvalue weighted by Crippen LogP contribution is -2.45. The molecule has 0 atom stereocenters. The Morgan fingerprint density at radius 1 is 1.18 bits per heavy atom. The van der Waals surface area contributed by atoms with Crippen LogP contribution in [0.1, 0.15) is 43.7 Å². The van der Waals surface area contributed by atoms with E-state index in [1.54, 1.807) is 0 Å². The third-order valence-corrected chi connectivity index (χ3v) is 4.02. The molecular weight excluding hydrogens is 210 g/mol. The molecule has 2 N–H and O–H groups in total. The zero-order chi connectivity index (χ0) is 12.1. The summed E-state index contributed by atoms with van der Waals surface area (Å²) in [6.07, 6.45) is 5.77. The molecule has 0 radical (unpaired) electrons. The molecule has 0 aliphatic heterocycles. The van der Waals surface area contributed by atoms with Crippen molar-refractivity contribution in [3.63, 3.8) is 0 Å². The van der Waals surface area contributed by atoms with Crippen LogP contribution in [0.5, 0.6) is 0 Å². The van der Waals surface area contributed by atoms with Gasteiger partial charge in [-0.05, 0) is 30.4 Å². The van der Waals surface area contributed by atoms with Crippen molar-refractivity contribution in [3.05, 3.63) is 35.4 Å². The molecule has 94 valence electrons. The van der Waals surface area contributed by atoms with Crippen molar-refractivity contribution >= 4 is 0 Å². The average molecular weight is 233 g/mol. The van der Waals surface area contributed by atoms with Crippen LogP contribution in [0.2, 0.25) is 0 Å². The van der Waals surface area contributed by atoms with E-state index in [-0.39, 0.29) is 12.1 Å². The molecule has 1 aromatic carbocycles. The average Bonchev–Trinajstić information content (AvgIpc) is 2.86. The van der Waals surface area contributed by atoms with Crippen LogP contribution in [0.4, 0.5) is 0 Å². The number of nitrogens with one attached hydrogen (secondary N) is 1. The molecule has 2 heteroatoms. The third-order valence-electron chi connectivity index (χ3n) is 4.02. The number of aliphatic hydroxyl groups is 1. The molecule has 17 heavy (non-hydrogen) atoms. The van der Waals surface area contributed by atoms with Crippen molar-refractivity contribution in [1.29, 1.82) is 0 Å². The van der Waals surface area contributed by atoms with Crippen LogP contribution in [0.25, 0.3) is 0 Å². The van der Waals surface area contributed by atoms with Crippen molar-refractivity contribution in [3.8, 4) is 0 Å². The van der Waals surface area contributed by atoms with Gasteiger partial charge in [0.15, 0.2) is 0 Å². The van der Waals surface area contributed by atoms with E-state index in [0.29, 0.717) is 0 Å². The second-order valence-electron chi connectivity index (χ2n) is 5.12. The maximum absolute atomic E-state index is 9.56. The van der Waals surface area contributed by atoms with Crippen LogP contribution in [-0.4, -0.2) is 17.3 Å². The largest absolute Gasteiger partial charge is 0.394 e. The quantitative estimate of drug-likeness (QED) is 0.819. The Hall–Kier alpha value is -0.860. The fourth-order valence-corrected chi connectivity index (χ4v) is 2.80. The molecule has 1 aliphatic rings. The number of rotatable bonds is 5. The molecule has 0 saturated heterocycles. The van der Waals surface area contributed by atoms with E-state index >= 15 is 0 Å². The molecule has 0 bridgehead atoms. The van der Waals surface area contributed by atoms with Gasteiger partial charge in [0.1, 0.15) is 0 Å². The van der Waals surface area contributed by atoms with Gasteiger partial charge in [-0.15, -0.1) is 0 Å². The van der Waals surface area contributed by atoms with Gasteiger partial charge in [0.25, 0.3) is 0 Å². The first kappa shape index (κ1) is 12.6. The highest BCUT2D eigenvalue weighted by Gasteiger charge is 2.32. The molecule has 0 spiro atoms. The Morgan fingerprint density at radius 2 is 1.82 bits per heavy atom. The lowest BCUT2D eigenvalue weighted by atomic mass is 9.97. The van der Waals surface area contributed by atoms with Gasteiger partial charge in [-0.2, -0.15) is 0 Å². The molecule has 1 aromatic rings. The van der Waals surface area contributed by atoms with Gasteiger partial charge >= 0.3 is 0 Å². The van der Waals surface area contributed by atoms with Gasteiger partial charge in [-0.25, -0.2) is 0 Å². The smallest absolute Gasteiger partial charge is 0.0613 e. The fraction of sp³-hybridized carbons (Fsp3) is 0.600. The molecule has 0 unspecified atom stereocenters. The summed E-state index contributed by atoms with van der Waals surface area (Å²) in [5.74, 6) is 0. The molecule has 1 aliphatic carbocycles. The van der Waals surface area contributed by atoms with Crippen LogP contribution in [0.15, 0.2) is 24.3 Å². The Labute approximate surface area is 104 Å². The molecule has 1 fully saturated rings. The second-order valence-corrected chi connectivity index (χ2v) is 5.12. The van der Waals surface area contributed by atoms with Gasteiger partial charge in [-0.1, -0.05) is 44.0 Å². The van der Waals surface area contributed by atoms with Gasteiger partial charge in [0.05, 0.1) is 6.61 Å². The van der Waals surface area contributed by atoms with Crippen molar-refractivity contribution in [2.75, 3.05) is 6.61 Å². The molecule has 2 rings (SSSR count). The fourth-order valence-electron chi connectivity index (χ4n) is 2.80. The van der Waals surface area contributed by atoms with Gasteiger partial charge < -0.3 is 10.4 Å². The third kappa shape index (κ3) is 2.88. The predicted molar refractivity (Wildman–Crippen MR) is 70.9 cm³/mol. The highest BCUT2D eigenvalue weighted by Crippen LogP contribution is 2.29. The molecular formula is C15H23NO. The standard InChI is InChI=1S/C15H23NO/c1-2-13-7-3-4-8-14(13)11-16-15(12-17)9-5-6-10-15/h3-4,7-8,16-17H,2,5-6,9-12H2,1H3. The minimum absolute atomic E-state index is 0.0130. The van der Waals surface area contributed by atoms with Crippen molar-refractivity contribution in [1.82, 2.24) is 5.32 Å². The first-order valence-electron chi connectivity index (χ1n) is 6.72. The van der Waals surface area contributed by atoms with E-state index in [0.717, 1.165) is 25.8 Å². The zero-order valence-electron chi connectivity index (χ0n) is 10.7. The normalized spacial score (nSPS) is 18.5. The summed E-state index contributed by atoms with van der Waals surface area (Å²) in [4.78, 5) is 0. The summed E-state index contributed by atoms with van der Waals surface area (Å²) in [6.45, 7) is 3.34. The highest BCUT2D eigenvalue weighted by molar-refractivity contribution is 5.27. The van der Waals surface area contributed by atoms with Crippen LogP contribution in [-0.2, 0) is 13.0 Å². The molecule has 2 nitrogen and oxygen atoms in total. The molecule has 1 saturated carbocycles. The Bertz CT molecular complexity index is 356. The van der Waals surface area contributed by atoms with Crippen molar-refractivity contribution in [2.24, 2.45) is 0 Å². The number of hydrogen-bond acceptors (Lipinski definition) is 2. The summed E-state index contributed by atoms with van der Waals surface area (Å²) >= 11 is 0. The van der Waals surface area contributed by atoms with E-state index in [1.165, 1.54) is 24.0 Å². The van der Waals surface area contributed by atoms with E-state index < -0.39 is 0 Å². The van der Waals surface area contributed by atoms with Crippen LogP contribution < -0.4 is 5.32 Å². The van der Waals surface area contributed by atoms with Gasteiger partial charge in [-0.3, -0.25) is 0 Å². The minimum atomic E-state index is -0.0130. The summed E-state index contributed by atoms with van der Waals surface area (Å²) in [5.41, 5.74) is 2.77. The molecule has 0 heterocycles. The summed E-state index contributed by atoms with van der Waals surface area (Å²) in [6, 6.07) is 8.57. The van der Waals surface area contributed by atoms with E-state index in [2.05, 4.69) is 36.5 Å². The lowest BCUT2D eigenvalue weighted by molar-refractivity contribution is 0.163. The van der Waals surface area contributed by atoms with Gasteiger partial charge in [0.2, 0.25) is 0 Å². The number of benzene rings is 1. The highest BCUT2D eigenvalue weighted by atomic mass is 16.3. The maximum Gasteiger partial charge on any atom is 0.0613 e. The van der Waals surface area contributed by atoms with E-state index in [4.69, 9.17) is 0 Å². The minimum Gasteiger partial charge on any atom is -0.394 e. The second kappa shape index (κ2) is 5.65. The molecule has 0 aromatic heterocycles. The lowest BCUT2D eigenvalue weighted by Gasteiger charge is -2.28. The van der Waals surface area contributed by atoms with E-state index in [1.807, 2.05) is 0 Å². The Balaban J connectivity index is 2.01.